The number of rotatable bonds is 0. The molecule has 0 unspecified atom stereocenters. The maximum atomic E-state index is 4.42. The maximum Gasteiger partial charge on any atom is 0.0644 e. The highest BCUT2D eigenvalue weighted by atomic mass is 32.2. The summed E-state index contributed by atoms with van der Waals surface area (Å²) in [7, 11) is 0. The van der Waals surface area contributed by atoms with Crippen molar-refractivity contribution in [2.45, 2.75) is 32.6 Å². The molecule has 0 spiro atoms. The van der Waals surface area contributed by atoms with Crippen LogP contribution in [-0.4, -0.2) is 17.3 Å². The van der Waals surface area contributed by atoms with Gasteiger partial charge < -0.3 is 0 Å². The highest BCUT2D eigenvalue weighted by molar-refractivity contribution is 8.13. The molecule has 10 heavy (non-hydrogen) atoms. The second-order valence-corrected chi connectivity index (χ2v) is 3.95. The van der Waals surface area contributed by atoms with Crippen molar-refractivity contribution >= 4 is 16.8 Å². The number of hydrogen-bond donors (Lipinski definition) is 0. The Morgan fingerprint density at radius 1 is 1.20 bits per heavy atom. The summed E-state index contributed by atoms with van der Waals surface area (Å²) in [6.07, 6.45) is 5.43. The van der Waals surface area contributed by atoms with Gasteiger partial charge in [-0.25, -0.2) is 0 Å². The van der Waals surface area contributed by atoms with Crippen molar-refractivity contribution in [3.05, 3.63) is 0 Å². The molecule has 1 rings (SSSR count). The highest BCUT2D eigenvalue weighted by Gasteiger charge is 1.96. The van der Waals surface area contributed by atoms with Crippen LogP contribution in [0.15, 0.2) is 4.99 Å². The summed E-state index contributed by atoms with van der Waals surface area (Å²) < 4.78 is 0. The Kier molecular flexibility index (Phi) is 3.88. The first-order valence-corrected chi connectivity index (χ1v) is 5.02. The number of thioether (sulfide) groups is 1. The highest BCUT2D eigenvalue weighted by Crippen LogP contribution is 2.12. The van der Waals surface area contributed by atoms with Crippen LogP contribution in [0.2, 0.25) is 0 Å². The molecule has 1 aliphatic rings. The molecule has 0 N–H and O–H groups in total. The molecule has 0 radical (unpaired) electrons. The van der Waals surface area contributed by atoms with Crippen molar-refractivity contribution in [3.63, 3.8) is 0 Å². The van der Waals surface area contributed by atoms with Crippen LogP contribution in [-0.2, 0) is 0 Å². The summed E-state index contributed by atoms with van der Waals surface area (Å²) in [6, 6.07) is 0. The average molecular weight is 157 g/mol. The second kappa shape index (κ2) is 4.78. The van der Waals surface area contributed by atoms with E-state index in [2.05, 4.69) is 11.9 Å². The van der Waals surface area contributed by atoms with Crippen LogP contribution in [0.1, 0.15) is 32.6 Å². The van der Waals surface area contributed by atoms with E-state index < -0.39 is 0 Å². The number of nitrogens with zero attached hydrogens (tertiary/aromatic N) is 1. The predicted octanol–water partition coefficient (Wildman–Crippen LogP) is 2.71. The summed E-state index contributed by atoms with van der Waals surface area (Å²) in [5.41, 5.74) is 0. The van der Waals surface area contributed by atoms with Crippen LogP contribution >= 0.6 is 11.8 Å². The molecule has 0 saturated heterocycles. The first-order chi connectivity index (χ1) is 4.89. The zero-order chi connectivity index (χ0) is 7.23. The van der Waals surface area contributed by atoms with Gasteiger partial charge in [-0.05, 0) is 25.5 Å². The van der Waals surface area contributed by atoms with E-state index in [1.807, 2.05) is 11.8 Å². The third kappa shape index (κ3) is 3.25. The van der Waals surface area contributed by atoms with E-state index in [4.69, 9.17) is 0 Å². The van der Waals surface area contributed by atoms with Crippen molar-refractivity contribution in [1.29, 1.82) is 0 Å². The summed E-state index contributed by atoms with van der Waals surface area (Å²) >= 11 is 1.92. The monoisotopic (exact) mass is 157 g/mol. The van der Waals surface area contributed by atoms with Crippen molar-refractivity contribution in [2.24, 2.45) is 4.99 Å². The molecule has 1 heterocycles. The van der Waals surface area contributed by atoms with Gasteiger partial charge in [0.1, 0.15) is 0 Å². The Bertz CT molecular complexity index is 120. The molecule has 0 fully saturated rings. The van der Waals surface area contributed by atoms with Crippen LogP contribution in [0.5, 0.6) is 0 Å². The minimum absolute atomic E-state index is 1.05. The van der Waals surface area contributed by atoms with E-state index in [0.29, 0.717) is 0 Å². The molecule has 0 amide bonds. The first-order valence-electron chi connectivity index (χ1n) is 4.03. The molecule has 0 atom stereocenters. The lowest BCUT2D eigenvalue weighted by Gasteiger charge is -1.95. The van der Waals surface area contributed by atoms with Gasteiger partial charge in [0, 0.05) is 6.54 Å². The average Bonchev–Trinajstić information content (AvgIpc) is 2.02. The lowest BCUT2D eigenvalue weighted by atomic mass is 10.2. The van der Waals surface area contributed by atoms with Gasteiger partial charge in [-0.2, -0.15) is 0 Å². The normalized spacial score (nSPS) is 22.3. The Morgan fingerprint density at radius 2 is 2.00 bits per heavy atom. The molecule has 1 nitrogen and oxygen atoms in total. The smallest absolute Gasteiger partial charge is 0.0644 e. The fraction of sp³-hybridized carbons (Fsp3) is 0.875. The third-order valence-electron chi connectivity index (χ3n) is 1.70. The summed E-state index contributed by atoms with van der Waals surface area (Å²) in [5.74, 6) is 1.27. The molecule has 58 valence electrons. The van der Waals surface area contributed by atoms with Crippen LogP contribution < -0.4 is 0 Å². The van der Waals surface area contributed by atoms with Crippen LogP contribution in [0.4, 0.5) is 0 Å². The zero-order valence-electron chi connectivity index (χ0n) is 6.60. The van der Waals surface area contributed by atoms with Gasteiger partial charge in [-0.1, -0.05) is 12.8 Å². The zero-order valence-corrected chi connectivity index (χ0v) is 7.41. The lowest BCUT2D eigenvalue weighted by molar-refractivity contribution is 0.681. The van der Waals surface area contributed by atoms with E-state index in [1.165, 1.54) is 36.5 Å². The van der Waals surface area contributed by atoms with Crippen molar-refractivity contribution in [1.82, 2.24) is 0 Å². The molecule has 0 aromatic rings. The van der Waals surface area contributed by atoms with Crippen molar-refractivity contribution in [2.75, 3.05) is 12.3 Å². The Hall–Kier alpha value is 0.0200. The molecule has 0 aromatic heterocycles. The molecule has 0 saturated carbocycles. The van der Waals surface area contributed by atoms with E-state index in [-0.39, 0.29) is 0 Å². The van der Waals surface area contributed by atoms with Crippen molar-refractivity contribution < 1.29 is 0 Å². The molecule has 0 bridgehead atoms. The van der Waals surface area contributed by atoms with E-state index >= 15 is 0 Å². The third-order valence-corrected chi connectivity index (χ3v) is 2.74. The van der Waals surface area contributed by atoms with Gasteiger partial charge >= 0.3 is 0 Å². The van der Waals surface area contributed by atoms with E-state index in [1.54, 1.807) is 0 Å². The van der Waals surface area contributed by atoms with Crippen LogP contribution in [0, 0.1) is 0 Å². The van der Waals surface area contributed by atoms with Gasteiger partial charge in [0.25, 0.3) is 0 Å². The minimum atomic E-state index is 1.05. The standard InChI is InChI=1S/C8H15NS/c1-8-9-6-4-2-3-5-7-10-8/h2-7H2,1H3. The lowest BCUT2D eigenvalue weighted by Crippen LogP contribution is -1.86. The first kappa shape index (κ1) is 8.12. The van der Waals surface area contributed by atoms with Crippen molar-refractivity contribution in [3.8, 4) is 0 Å². The molecular weight excluding hydrogens is 142 g/mol. The van der Waals surface area contributed by atoms with E-state index in [9.17, 15) is 0 Å². The summed E-state index contributed by atoms with van der Waals surface area (Å²) in [4.78, 5) is 4.42. The predicted molar refractivity (Wildman–Crippen MR) is 48.9 cm³/mol. The summed E-state index contributed by atoms with van der Waals surface area (Å²) in [6.45, 7) is 3.18. The summed E-state index contributed by atoms with van der Waals surface area (Å²) in [5, 5.41) is 1.28. The van der Waals surface area contributed by atoms with Gasteiger partial charge in [-0.3, -0.25) is 4.99 Å². The Morgan fingerprint density at radius 3 is 2.90 bits per heavy atom. The largest absolute Gasteiger partial charge is 0.283 e. The topological polar surface area (TPSA) is 12.4 Å². The van der Waals surface area contributed by atoms with Crippen LogP contribution in [0.25, 0.3) is 0 Å². The van der Waals surface area contributed by atoms with Crippen LogP contribution in [0.3, 0.4) is 0 Å². The van der Waals surface area contributed by atoms with Gasteiger partial charge in [0.2, 0.25) is 0 Å². The molecule has 1 aliphatic heterocycles. The quantitative estimate of drug-likeness (QED) is 0.526. The molecule has 0 aromatic carbocycles. The Labute approximate surface area is 67.3 Å². The SMILES string of the molecule is CC1=NCCCCCCS1. The fourth-order valence-electron chi connectivity index (χ4n) is 1.07. The number of hydrogen-bond acceptors (Lipinski definition) is 2. The van der Waals surface area contributed by atoms with Gasteiger partial charge in [0.05, 0.1) is 5.04 Å². The number of aliphatic imine (C=N–C) groups is 1. The second-order valence-electron chi connectivity index (χ2n) is 2.66. The molecule has 2 heteroatoms. The molecule has 0 aliphatic carbocycles. The maximum absolute atomic E-state index is 4.42. The fourth-order valence-corrected chi connectivity index (χ4v) is 1.90. The van der Waals surface area contributed by atoms with E-state index in [0.717, 1.165) is 6.54 Å². The van der Waals surface area contributed by atoms with Gasteiger partial charge in [-0.15, -0.1) is 11.8 Å². The minimum Gasteiger partial charge on any atom is -0.283 e. The Balaban J connectivity index is 2.29. The van der Waals surface area contributed by atoms with Gasteiger partial charge in [0.15, 0.2) is 0 Å². The molecular formula is C8H15NS.